The Labute approximate surface area is 196 Å². The van der Waals surface area contributed by atoms with Crippen molar-refractivity contribution >= 4 is 31.8 Å². The number of hydrogen-bond acceptors (Lipinski definition) is 8. The molecule has 0 saturated heterocycles. The van der Waals surface area contributed by atoms with Crippen LogP contribution in [0.5, 0.6) is 5.75 Å². The van der Waals surface area contributed by atoms with Gasteiger partial charge in [-0.05, 0) is 38.1 Å². The number of aromatic nitrogens is 5. The number of aryl methyl sites for hydroxylation is 2. The Morgan fingerprint density at radius 3 is 2.59 bits per heavy atom. The molecule has 9 nitrogen and oxygen atoms in total. The van der Waals surface area contributed by atoms with Gasteiger partial charge in [-0.15, -0.1) is 0 Å². The van der Waals surface area contributed by atoms with Crippen LogP contribution < -0.4 is 4.74 Å². The third kappa shape index (κ3) is 3.50. The lowest BCUT2D eigenvalue weighted by molar-refractivity contribution is 0.393. The molecule has 0 radical (unpaired) electrons. The van der Waals surface area contributed by atoms with E-state index < -0.39 is 9.84 Å². The van der Waals surface area contributed by atoms with Gasteiger partial charge in [-0.3, -0.25) is 9.97 Å². The molecule has 0 bridgehead atoms. The van der Waals surface area contributed by atoms with Gasteiger partial charge < -0.3 is 13.8 Å². The van der Waals surface area contributed by atoms with Crippen molar-refractivity contribution in [2.75, 3.05) is 12.9 Å². The average molecular weight is 478 g/mol. The van der Waals surface area contributed by atoms with E-state index in [0.717, 1.165) is 27.9 Å². The molecule has 5 aromatic rings. The largest absolute Gasteiger partial charge is 0.496 e. The molecule has 0 atom stereocenters. The van der Waals surface area contributed by atoms with Gasteiger partial charge in [-0.1, -0.05) is 18.1 Å². The number of imidazole rings is 1. The van der Waals surface area contributed by atoms with Crippen LogP contribution in [0.1, 0.15) is 24.1 Å². The Morgan fingerprint density at radius 2 is 1.94 bits per heavy atom. The smallest absolute Gasteiger partial charge is 0.229 e. The fourth-order valence-corrected chi connectivity index (χ4v) is 5.21. The maximum atomic E-state index is 13.0. The summed E-state index contributed by atoms with van der Waals surface area (Å²) in [6.45, 7) is 5.57. The lowest BCUT2D eigenvalue weighted by Gasteiger charge is -2.13. The summed E-state index contributed by atoms with van der Waals surface area (Å²) in [6, 6.07) is 9.32. The van der Waals surface area contributed by atoms with E-state index in [1.807, 2.05) is 44.2 Å². The molecule has 4 heterocycles. The Hall–Kier alpha value is -3.79. The summed E-state index contributed by atoms with van der Waals surface area (Å²) in [4.78, 5) is 13.5. The van der Waals surface area contributed by atoms with Crippen LogP contribution in [0.4, 0.5) is 0 Å². The predicted octanol–water partition coefficient (Wildman–Crippen LogP) is 4.10. The molecular formula is C24H23N5O4S. The van der Waals surface area contributed by atoms with E-state index >= 15 is 0 Å². The van der Waals surface area contributed by atoms with Gasteiger partial charge in [0.15, 0.2) is 0 Å². The first kappa shape index (κ1) is 22.0. The van der Waals surface area contributed by atoms with Gasteiger partial charge >= 0.3 is 0 Å². The summed E-state index contributed by atoms with van der Waals surface area (Å²) in [7, 11) is -2.01. The quantitative estimate of drug-likeness (QED) is 0.359. The van der Waals surface area contributed by atoms with Gasteiger partial charge in [0.05, 0.1) is 53.6 Å². The van der Waals surface area contributed by atoms with Gasteiger partial charge in [0.1, 0.15) is 17.0 Å². The molecule has 0 unspecified atom stereocenters. The second-order valence-corrected chi connectivity index (χ2v) is 10.1. The maximum absolute atomic E-state index is 13.0. The van der Waals surface area contributed by atoms with Gasteiger partial charge in [0.2, 0.25) is 15.0 Å². The highest BCUT2D eigenvalue weighted by Gasteiger charge is 2.25. The van der Waals surface area contributed by atoms with Crippen molar-refractivity contribution in [3.05, 3.63) is 59.9 Å². The Kier molecular flexibility index (Phi) is 5.32. The van der Waals surface area contributed by atoms with E-state index in [0.29, 0.717) is 28.1 Å². The van der Waals surface area contributed by atoms with Gasteiger partial charge in [0, 0.05) is 17.1 Å². The minimum Gasteiger partial charge on any atom is -0.496 e. The summed E-state index contributed by atoms with van der Waals surface area (Å²) in [5, 5.41) is 4.79. The van der Waals surface area contributed by atoms with Crippen LogP contribution >= 0.6 is 0 Å². The normalized spacial score (nSPS) is 12.0. The number of methoxy groups -OCH3 is 1. The molecule has 0 saturated carbocycles. The van der Waals surface area contributed by atoms with E-state index in [9.17, 15) is 8.42 Å². The molecule has 0 aliphatic carbocycles. The molecule has 0 aliphatic rings. The molecule has 174 valence electrons. The van der Waals surface area contributed by atoms with E-state index in [1.54, 1.807) is 31.0 Å². The Morgan fingerprint density at radius 1 is 1.12 bits per heavy atom. The van der Waals surface area contributed by atoms with Gasteiger partial charge in [-0.25, -0.2) is 13.4 Å². The molecule has 34 heavy (non-hydrogen) atoms. The Balaban J connectivity index is 1.84. The van der Waals surface area contributed by atoms with Crippen molar-refractivity contribution in [1.29, 1.82) is 0 Å². The fraction of sp³-hybridized carbons (Fsp3) is 0.250. The van der Waals surface area contributed by atoms with Crippen molar-refractivity contribution in [2.24, 2.45) is 0 Å². The standard InChI is InChI=1S/C24H23N5O4S/c1-5-34(30,31)24-27-20-12-26-19-10-18(22-14(2)28-33-15(22)3)21(32-4)11-17(19)23(20)29(24)13-16-8-6-7-9-25-16/h6-12H,5,13H2,1-4H3. The third-order valence-corrected chi connectivity index (χ3v) is 7.49. The highest BCUT2D eigenvalue weighted by molar-refractivity contribution is 7.91. The molecule has 0 spiro atoms. The summed E-state index contributed by atoms with van der Waals surface area (Å²) in [5.41, 5.74) is 4.93. The number of ether oxygens (including phenoxy) is 1. The number of fused-ring (bicyclic) bond motifs is 3. The second kappa shape index (κ2) is 8.21. The molecule has 5 rings (SSSR count). The van der Waals surface area contributed by atoms with E-state index in [4.69, 9.17) is 9.26 Å². The van der Waals surface area contributed by atoms with Crippen LogP contribution in [0.2, 0.25) is 0 Å². The van der Waals surface area contributed by atoms with E-state index in [-0.39, 0.29) is 17.5 Å². The van der Waals surface area contributed by atoms with Crippen LogP contribution in [0.25, 0.3) is 33.1 Å². The van der Waals surface area contributed by atoms with Crippen molar-refractivity contribution in [1.82, 2.24) is 24.7 Å². The highest BCUT2D eigenvalue weighted by Crippen LogP contribution is 2.39. The van der Waals surface area contributed by atoms with E-state index in [2.05, 4.69) is 20.1 Å². The average Bonchev–Trinajstić information content (AvgIpc) is 3.38. The third-order valence-electron chi connectivity index (χ3n) is 5.87. The van der Waals surface area contributed by atoms with Crippen LogP contribution in [-0.2, 0) is 16.4 Å². The number of nitrogens with zero attached hydrogens (tertiary/aromatic N) is 5. The molecule has 0 amide bonds. The van der Waals surface area contributed by atoms with E-state index in [1.165, 1.54) is 0 Å². The van der Waals surface area contributed by atoms with Crippen molar-refractivity contribution < 1.29 is 17.7 Å². The summed E-state index contributed by atoms with van der Waals surface area (Å²) in [6.07, 6.45) is 3.28. The first-order valence-corrected chi connectivity index (χ1v) is 12.4. The summed E-state index contributed by atoms with van der Waals surface area (Å²) < 4.78 is 38.7. The molecule has 0 aliphatic heterocycles. The van der Waals surface area contributed by atoms with Crippen molar-refractivity contribution in [3.8, 4) is 16.9 Å². The first-order valence-electron chi connectivity index (χ1n) is 10.8. The highest BCUT2D eigenvalue weighted by atomic mass is 32.2. The van der Waals surface area contributed by atoms with Crippen molar-refractivity contribution in [3.63, 3.8) is 0 Å². The molecule has 10 heteroatoms. The van der Waals surface area contributed by atoms with Crippen LogP contribution in [0, 0.1) is 13.8 Å². The molecule has 0 N–H and O–H groups in total. The van der Waals surface area contributed by atoms with Gasteiger partial charge in [-0.2, -0.15) is 0 Å². The SMILES string of the molecule is CCS(=O)(=O)c1nc2cnc3cc(-c4c(C)noc4C)c(OC)cc3c2n1Cc1ccccn1. The van der Waals surface area contributed by atoms with Crippen LogP contribution in [-0.4, -0.2) is 46.0 Å². The molecule has 0 fully saturated rings. The number of benzene rings is 1. The number of pyridine rings is 2. The second-order valence-electron chi connectivity index (χ2n) is 7.97. The number of sulfone groups is 1. The molecule has 4 aromatic heterocycles. The zero-order valence-electron chi connectivity index (χ0n) is 19.2. The number of hydrogen-bond donors (Lipinski definition) is 0. The molecular weight excluding hydrogens is 454 g/mol. The lowest BCUT2D eigenvalue weighted by Crippen LogP contribution is -2.14. The fourth-order valence-electron chi connectivity index (χ4n) is 4.22. The van der Waals surface area contributed by atoms with Crippen molar-refractivity contribution in [2.45, 2.75) is 32.5 Å². The topological polar surface area (TPSA) is 113 Å². The zero-order valence-corrected chi connectivity index (χ0v) is 20.0. The van der Waals surface area contributed by atoms with Crippen LogP contribution in [0.3, 0.4) is 0 Å². The molecule has 1 aromatic carbocycles. The predicted molar refractivity (Wildman–Crippen MR) is 128 cm³/mol. The zero-order chi connectivity index (χ0) is 24.0. The van der Waals surface area contributed by atoms with Crippen LogP contribution in [0.15, 0.2) is 52.4 Å². The monoisotopic (exact) mass is 477 g/mol. The Bertz CT molecular complexity index is 1620. The summed E-state index contributed by atoms with van der Waals surface area (Å²) >= 11 is 0. The first-order chi connectivity index (χ1) is 16.3. The maximum Gasteiger partial charge on any atom is 0.229 e. The van der Waals surface area contributed by atoms with Gasteiger partial charge in [0.25, 0.3) is 0 Å². The lowest BCUT2D eigenvalue weighted by atomic mass is 10.0. The summed E-state index contributed by atoms with van der Waals surface area (Å²) in [5.74, 6) is 1.21. The minimum absolute atomic E-state index is 0.00119. The minimum atomic E-state index is -3.61. The number of rotatable bonds is 6.